The molecule has 0 unspecified atom stereocenters. The minimum Gasteiger partial charge on any atom is -0.358 e. The molecule has 0 fully saturated rings. The highest BCUT2D eigenvalue weighted by atomic mass is 79.9. The molecule has 2 spiro atoms. The molecule has 6 aliphatic carbocycles. The van der Waals surface area contributed by atoms with Crippen LogP contribution in [0.4, 0.5) is 17.1 Å². The standard InChI is InChI=1S/C52H37N.C28H24.C25H15Br.CH3/c1-51(2)44-23-11-6-19-38(44)42-30-28-35(32-48(42)51)53(50-27-15-10-18-37(50)34-16-4-3-5-17-34)36-29-31-43-41-22-9-14-26-47(41)52(49(43)33-36)45-24-12-7-20-39(45)40-21-8-13-25-46(40)52;1-28(2)26-15-9-8-14-24(26)25-17-16-20(19-27(25)28)18-22-12-6-7-13-23(22)21-10-4-3-5-11-21;26-16-13-14-20-19-9-3-6-12-23(19)25(24(20)15-16)21-10-4-1-7-17(21)18-8-2-5-11-22(18)25;/h3-33H,1-2H3;3-17,19H,18H2,1-2H3;1-15H;1H3/q;;;-1. The Kier molecular flexibility index (Phi) is 15.9. The van der Waals surface area contributed by atoms with Gasteiger partial charge in [-0.3, -0.25) is 0 Å². The second-order valence-corrected chi connectivity index (χ2v) is 31.5. The molecule has 22 rings (SSSR count). The maximum Gasteiger partial charge on any atom is 0.0726 e. The number of fused-ring (bicyclic) bond motifs is 26. The molecule has 0 saturated heterocycles. The third-order valence-electron chi connectivity index (χ3n) is 24.4. The fourth-order valence-electron chi connectivity index (χ4n) is 19.7. The topological polar surface area (TPSA) is 3.24 Å². The maximum atomic E-state index is 3.72. The Morgan fingerprint density at radius 1 is 0.231 bits per heavy atom. The number of anilines is 3. The van der Waals surface area contributed by atoms with E-state index in [9.17, 15) is 0 Å². The van der Waals surface area contributed by atoms with Gasteiger partial charge >= 0.3 is 0 Å². The van der Waals surface area contributed by atoms with Crippen molar-refractivity contribution < 1.29 is 0 Å². The van der Waals surface area contributed by atoms with Crippen LogP contribution in [0, 0.1) is 7.43 Å². The van der Waals surface area contributed by atoms with Crippen LogP contribution in [0.25, 0.3) is 89.0 Å². The Morgan fingerprint density at radius 3 is 0.954 bits per heavy atom. The molecule has 6 aliphatic rings. The molecule has 2 heteroatoms. The van der Waals surface area contributed by atoms with Gasteiger partial charge in [-0.25, -0.2) is 0 Å². The quantitative estimate of drug-likeness (QED) is 0.144. The highest BCUT2D eigenvalue weighted by Gasteiger charge is 2.53. The molecule has 0 aromatic heterocycles. The molecule has 16 aromatic rings. The van der Waals surface area contributed by atoms with Crippen molar-refractivity contribution in [1.82, 2.24) is 0 Å². The minimum atomic E-state index is -0.415. The molecule has 0 atom stereocenters. The molecule has 0 heterocycles. The van der Waals surface area contributed by atoms with Gasteiger partial charge in [0.05, 0.1) is 16.5 Å². The highest BCUT2D eigenvalue weighted by Crippen LogP contribution is 2.66. The Hall–Kier alpha value is -12.2. The van der Waals surface area contributed by atoms with Crippen molar-refractivity contribution in [3.8, 4) is 89.0 Å². The van der Waals surface area contributed by atoms with E-state index >= 15 is 0 Å². The van der Waals surface area contributed by atoms with Gasteiger partial charge in [-0.05, 0) is 210 Å². The number of halogens is 1. The van der Waals surface area contributed by atoms with Crippen molar-refractivity contribution in [2.75, 3.05) is 4.90 Å². The molecule has 0 bridgehead atoms. The summed E-state index contributed by atoms with van der Waals surface area (Å²) in [5.41, 5.74) is 43.2. The first kappa shape index (κ1) is 66.5. The van der Waals surface area contributed by atoms with Gasteiger partial charge in [0.25, 0.3) is 0 Å². The highest BCUT2D eigenvalue weighted by molar-refractivity contribution is 9.10. The van der Waals surface area contributed by atoms with Gasteiger partial charge in [0, 0.05) is 32.2 Å². The van der Waals surface area contributed by atoms with E-state index in [1.807, 2.05) is 0 Å². The average Bonchev–Trinajstić information content (AvgIpc) is 1.51. The normalized spacial score (nSPS) is 14.2. The van der Waals surface area contributed by atoms with Gasteiger partial charge in [0.15, 0.2) is 0 Å². The molecule has 1 nitrogen and oxygen atoms in total. The maximum absolute atomic E-state index is 3.72. The summed E-state index contributed by atoms with van der Waals surface area (Å²) < 4.78 is 1.13. The van der Waals surface area contributed by atoms with Crippen molar-refractivity contribution in [1.29, 1.82) is 0 Å². The lowest BCUT2D eigenvalue weighted by Gasteiger charge is -2.33. The summed E-state index contributed by atoms with van der Waals surface area (Å²) in [6.07, 6.45) is 0.949. The number of rotatable bonds is 7. The van der Waals surface area contributed by atoms with Crippen LogP contribution in [0.5, 0.6) is 0 Å². The first-order valence-corrected chi connectivity index (χ1v) is 38.4. The summed E-state index contributed by atoms with van der Waals surface area (Å²) in [6, 6.07) is 139. The van der Waals surface area contributed by atoms with Gasteiger partial charge in [0.1, 0.15) is 0 Å². The van der Waals surface area contributed by atoms with Gasteiger partial charge in [0.2, 0.25) is 0 Å². The zero-order chi connectivity index (χ0) is 71.8. The third-order valence-corrected chi connectivity index (χ3v) is 24.9. The van der Waals surface area contributed by atoms with Gasteiger partial charge in [-0.1, -0.05) is 377 Å². The van der Waals surface area contributed by atoms with Crippen molar-refractivity contribution in [2.45, 2.75) is 55.8 Å². The number of hydrogen-bond donors (Lipinski definition) is 0. The average molecular weight is 1450 g/mol. The second kappa shape index (κ2) is 25.8. The largest absolute Gasteiger partial charge is 0.358 e. The number of nitrogens with zero attached hydrogens (tertiary/aromatic N) is 1. The Labute approximate surface area is 644 Å². The van der Waals surface area contributed by atoms with Crippen LogP contribution in [-0.2, 0) is 28.1 Å². The lowest BCUT2D eigenvalue weighted by atomic mass is 9.70. The fraction of sp³-hybridized carbons (Fsp3) is 0.0849. The van der Waals surface area contributed by atoms with Crippen LogP contribution in [0.2, 0.25) is 0 Å². The number of para-hydroxylation sites is 1. The van der Waals surface area contributed by atoms with Crippen LogP contribution in [0.15, 0.2) is 381 Å². The molecule has 516 valence electrons. The lowest BCUT2D eigenvalue weighted by Crippen LogP contribution is -2.26. The minimum absolute atomic E-state index is 0. The molecular weight excluding hydrogens is 1370 g/mol. The molecular formula is C106H79BrN-. The van der Waals surface area contributed by atoms with Gasteiger partial charge in [-0.2, -0.15) is 0 Å². The Morgan fingerprint density at radius 2 is 0.519 bits per heavy atom. The first-order valence-electron chi connectivity index (χ1n) is 37.6. The van der Waals surface area contributed by atoms with E-state index in [0.29, 0.717) is 0 Å². The molecule has 108 heavy (non-hydrogen) atoms. The predicted molar refractivity (Wildman–Crippen MR) is 456 cm³/mol. The van der Waals surface area contributed by atoms with E-state index in [0.717, 1.165) is 28.0 Å². The lowest BCUT2D eigenvalue weighted by molar-refractivity contribution is 0.659. The smallest absolute Gasteiger partial charge is 0.0726 e. The summed E-state index contributed by atoms with van der Waals surface area (Å²) in [6.45, 7) is 9.43. The molecule has 0 amide bonds. The van der Waals surface area contributed by atoms with Crippen molar-refractivity contribution in [3.63, 3.8) is 0 Å². The van der Waals surface area contributed by atoms with E-state index in [-0.39, 0.29) is 23.7 Å². The summed E-state index contributed by atoms with van der Waals surface area (Å²) in [5, 5.41) is 0. The Bertz CT molecular complexity index is 6140. The van der Waals surface area contributed by atoms with Crippen LogP contribution in [-0.4, -0.2) is 0 Å². The molecule has 0 saturated carbocycles. The summed E-state index contributed by atoms with van der Waals surface area (Å²) in [4.78, 5) is 2.51. The molecule has 0 radical (unpaired) electrons. The van der Waals surface area contributed by atoms with E-state index in [4.69, 9.17) is 0 Å². The van der Waals surface area contributed by atoms with Gasteiger partial charge < -0.3 is 12.3 Å². The zero-order valence-electron chi connectivity index (χ0n) is 61.3. The monoisotopic (exact) mass is 1440 g/mol. The van der Waals surface area contributed by atoms with Crippen molar-refractivity contribution in [3.05, 3.63) is 466 Å². The van der Waals surface area contributed by atoms with E-state index < -0.39 is 5.41 Å². The van der Waals surface area contributed by atoms with E-state index in [1.165, 1.54) is 167 Å². The van der Waals surface area contributed by atoms with Crippen LogP contribution in [0.3, 0.4) is 0 Å². The Balaban J connectivity index is 0.000000121. The summed E-state index contributed by atoms with van der Waals surface area (Å²) in [7, 11) is 0. The van der Waals surface area contributed by atoms with Crippen LogP contribution >= 0.6 is 15.9 Å². The molecule has 16 aromatic carbocycles. The van der Waals surface area contributed by atoms with Crippen LogP contribution < -0.4 is 4.90 Å². The number of hydrogen-bond acceptors (Lipinski definition) is 1. The van der Waals surface area contributed by atoms with E-state index in [2.05, 4.69) is 425 Å². The van der Waals surface area contributed by atoms with E-state index in [1.54, 1.807) is 0 Å². The fourth-order valence-corrected chi connectivity index (χ4v) is 20.1. The third kappa shape index (κ3) is 9.89. The second-order valence-electron chi connectivity index (χ2n) is 30.6. The zero-order valence-corrected chi connectivity index (χ0v) is 62.9. The van der Waals surface area contributed by atoms with Gasteiger partial charge in [-0.15, -0.1) is 0 Å². The predicted octanol–water partition coefficient (Wildman–Crippen LogP) is 28.0. The van der Waals surface area contributed by atoms with Crippen LogP contribution in [0.1, 0.15) is 106 Å². The first-order chi connectivity index (χ1) is 52.5. The summed E-state index contributed by atoms with van der Waals surface area (Å²) >= 11 is 3.72. The summed E-state index contributed by atoms with van der Waals surface area (Å²) in [5.74, 6) is 0. The van der Waals surface area contributed by atoms with Crippen molar-refractivity contribution >= 4 is 33.0 Å². The number of benzene rings is 16. The van der Waals surface area contributed by atoms with Crippen molar-refractivity contribution in [2.24, 2.45) is 0 Å². The molecule has 0 N–H and O–H groups in total. The molecule has 0 aliphatic heterocycles. The SMILES string of the molecule is Brc1ccc2c(c1)C1(c3ccccc3-c3ccccc31)c1ccccc1-2.CC1(C)c2ccccc2-c2ccc(Cc3ccccc3-c3ccccc3)cc21.CC1(C)c2ccccc2-c2ccc(N(c3ccc4c(c3)C3(c5ccccc5-c5ccccc53)c3ccccc3-4)c3ccccc3-c3ccccc3)cc21.[CH3-].